The molecule has 9 heteroatoms. The van der Waals surface area contributed by atoms with E-state index in [9.17, 15) is 19.5 Å². The summed E-state index contributed by atoms with van der Waals surface area (Å²) >= 11 is 0. The van der Waals surface area contributed by atoms with Crippen LogP contribution in [0.25, 0.3) is 0 Å². The Balaban J connectivity index is 1.54. The molecule has 198 valence electrons. The zero-order chi connectivity index (χ0) is 26.2. The Morgan fingerprint density at radius 1 is 1.08 bits per heavy atom. The second-order valence-corrected chi connectivity index (χ2v) is 9.88. The topological polar surface area (TPSA) is 99.6 Å². The van der Waals surface area contributed by atoms with E-state index in [4.69, 9.17) is 9.47 Å². The van der Waals surface area contributed by atoms with Crippen LogP contribution in [0, 0.1) is 11.8 Å². The number of aliphatic hydroxyl groups excluding tert-OH is 1. The van der Waals surface area contributed by atoms with Gasteiger partial charge < -0.3 is 29.3 Å². The van der Waals surface area contributed by atoms with E-state index in [1.165, 1.54) is 4.90 Å². The van der Waals surface area contributed by atoms with Crippen molar-refractivity contribution in [3.05, 3.63) is 48.6 Å². The molecule has 0 bridgehead atoms. The zero-order valence-corrected chi connectivity index (χ0v) is 21.4. The molecule has 4 aliphatic heterocycles. The number of carbonyl (C=O) groups excluding carboxylic acids is 3. The highest BCUT2D eigenvalue weighted by Gasteiger charge is 2.71. The maximum atomic E-state index is 14.2. The van der Waals surface area contributed by atoms with Gasteiger partial charge in [-0.15, -0.1) is 0 Å². The number of cyclic esters (lactones) is 1. The molecule has 5 atom stereocenters. The molecule has 2 fully saturated rings. The van der Waals surface area contributed by atoms with Gasteiger partial charge in [0.05, 0.1) is 18.6 Å². The minimum atomic E-state index is -1.29. The molecular weight excluding hydrogens is 474 g/mol. The number of nitrogens with zero attached hydrogens (tertiary/aromatic N) is 3. The van der Waals surface area contributed by atoms with Crippen molar-refractivity contribution in [2.45, 2.75) is 44.4 Å². The Kier molecular flexibility index (Phi) is 7.09. The van der Waals surface area contributed by atoms with Crippen LogP contribution in [-0.2, 0) is 23.9 Å². The van der Waals surface area contributed by atoms with E-state index in [0.717, 1.165) is 24.5 Å². The van der Waals surface area contributed by atoms with Crippen molar-refractivity contribution in [1.29, 1.82) is 0 Å². The number of anilines is 2. The number of amides is 2. The Morgan fingerprint density at radius 3 is 2.54 bits per heavy atom. The standard InChI is InChI=1S/C28H35N3O6/c1-3-29(4-2)19-10-12-20(13-11-19)30-15-7-14-28-23(22-21(37-28)9-5-6-18-36-27(22)35)25(33)31(16-8-17-32)24(28)26(30)34/h5,7,9-14,21-24,32H,3-4,6,8,15-18H2,1-2H3/t21-,22+,23-,24?,28-/m0/s1. The van der Waals surface area contributed by atoms with Crippen LogP contribution < -0.4 is 9.80 Å². The largest absolute Gasteiger partial charge is 0.465 e. The Hall–Kier alpha value is -3.17. The molecule has 0 radical (unpaired) electrons. The molecule has 9 nitrogen and oxygen atoms in total. The lowest BCUT2D eigenvalue weighted by molar-refractivity contribution is -0.154. The summed E-state index contributed by atoms with van der Waals surface area (Å²) in [6.45, 7) is 6.60. The molecule has 2 saturated heterocycles. The number of rotatable bonds is 7. The normalized spacial score (nSPS) is 30.8. The van der Waals surface area contributed by atoms with Crippen molar-refractivity contribution >= 4 is 29.2 Å². The molecule has 0 aromatic heterocycles. The Labute approximate surface area is 217 Å². The Bertz CT molecular complexity index is 1100. The van der Waals surface area contributed by atoms with Crippen molar-refractivity contribution in [3.63, 3.8) is 0 Å². The molecule has 0 aliphatic carbocycles. The molecule has 4 aliphatic rings. The summed E-state index contributed by atoms with van der Waals surface area (Å²) in [5.41, 5.74) is 0.510. The van der Waals surface area contributed by atoms with E-state index in [1.54, 1.807) is 4.90 Å². The van der Waals surface area contributed by atoms with E-state index in [1.807, 2.05) is 48.6 Å². The molecule has 1 unspecified atom stereocenters. The van der Waals surface area contributed by atoms with Crippen LogP contribution in [0.5, 0.6) is 0 Å². The van der Waals surface area contributed by atoms with Crippen LogP contribution in [0.2, 0.25) is 0 Å². The van der Waals surface area contributed by atoms with Gasteiger partial charge in [-0.2, -0.15) is 0 Å². The third-order valence-electron chi connectivity index (χ3n) is 7.97. The number of ether oxygens (including phenoxy) is 2. The average Bonchev–Trinajstić information content (AvgIpc) is 3.27. The first kappa shape index (κ1) is 25.5. The molecule has 1 aromatic carbocycles. The summed E-state index contributed by atoms with van der Waals surface area (Å²) in [5, 5.41) is 9.51. The Morgan fingerprint density at radius 2 is 1.84 bits per heavy atom. The van der Waals surface area contributed by atoms with Crippen molar-refractivity contribution in [2.75, 3.05) is 49.2 Å². The van der Waals surface area contributed by atoms with Gasteiger partial charge in [-0.1, -0.05) is 24.3 Å². The van der Waals surface area contributed by atoms with Crippen LogP contribution >= 0.6 is 0 Å². The van der Waals surface area contributed by atoms with Gasteiger partial charge in [0.1, 0.15) is 17.6 Å². The number of esters is 1. The van der Waals surface area contributed by atoms with E-state index < -0.39 is 35.6 Å². The van der Waals surface area contributed by atoms with Crippen LogP contribution in [0.3, 0.4) is 0 Å². The minimum Gasteiger partial charge on any atom is -0.465 e. The van der Waals surface area contributed by atoms with Crippen molar-refractivity contribution in [2.24, 2.45) is 11.8 Å². The number of benzene rings is 1. The molecule has 1 aromatic rings. The molecule has 4 heterocycles. The van der Waals surface area contributed by atoms with Gasteiger partial charge in [-0.3, -0.25) is 14.4 Å². The second-order valence-electron chi connectivity index (χ2n) is 9.88. The predicted molar refractivity (Wildman–Crippen MR) is 138 cm³/mol. The number of aliphatic hydroxyl groups is 1. The van der Waals surface area contributed by atoms with Crippen molar-refractivity contribution in [1.82, 2.24) is 4.90 Å². The third kappa shape index (κ3) is 4.14. The number of carbonyl (C=O) groups is 3. The first-order valence-corrected chi connectivity index (χ1v) is 13.2. The van der Waals surface area contributed by atoms with E-state index >= 15 is 0 Å². The zero-order valence-electron chi connectivity index (χ0n) is 21.4. The minimum absolute atomic E-state index is 0.119. The molecule has 37 heavy (non-hydrogen) atoms. The van der Waals surface area contributed by atoms with E-state index in [2.05, 4.69) is 18.7 Å². The van der Waals surface area contributed by atoms with Gasteiger partial charge in [0.25, 0.3) is 5.91 Å². The summed E-state index contributed by atoms with van der Waals surface area (Å²) in [6, 6.07) is 6.90. The first-order valence-electron chi connectivity index (χ1n) is 13.2. The van der Waals surface area contributed by atoms with Crippen molar-refractivity contribution in [3.8, 4) is 0 Å². The fourth-order valence-corrected chi connectivity index (χ4v) is 6.25. The van der Waals surface area contributed by atoms with Crippen LogP contribution in [-0.4, -0.2) is 84.9 Å². The summed E-state index contributed by atoms with van der Waals surface area (Å²) < 4.78 is 12.0. The first-order chi connectivity index (χ1) is 18.0. The molecular formula is C28H35N3O6. The van der Waals surface area contributed by atoms with Gasteiger partial charge in [0.15, 0.2) is 0 Å². The van der Waals surface area contributed by atoms with Gasteiger partial charge >= 0.3 is 5.97 Å². The fourth-order valence-electron chi connectivity index (χ4n) is 6.25. The predicted octanol–water partition coefficient (Wildman–Crippen LogP) is 1.90. The summed E-state index contributed by atoms with van der Waals surface area (Å²) in [4.78, 5) is 46.6. The summed E-state index contributed by atoms with van der Waals surface area (Å²) in [6.07, 6.45) is 7.64. The number of fused-ring (bicyclic) bond motifs is 2. The lowest BCUT2D eigenvalue weighted by Gasteiger charge is -2.35. The quantitative estimate of drug-likeness (QED) is 0.443. The highest BCUT2D eigenvalue weighted by molar-refractivity contribution is 6.05. The number of hydrogen-bond acceptors (Lipinski definition) is 7. The molecule has 1 N–H and O–H groups in total. The summed E-state index contributed by atoms with van der Waals surface area (Å²) in [7, 11) is 0. The van der Waals surface area contributed by atoms with E-state index in [-0.39, 0.29) is 31.6 Å². The van der Waals surface area contributed by atoms with E-state index in [0.29, 0.717) is 19.4 Å². The average molecular weight is 510 g/mol. The smallest absolute Gasteiger partial charge is 0.312 e. The SMILES string of the molecule is CCN(CC)c1ccc(N2CC=C[C@]34O[C@H]5C=CCCOC(=O)[C@H]5[C@H]3C(=O)N(CCCO)C4C2=O)cc1. The monoisotopic (exact) mass is 509 g/mol. The highest BCUT2D eigenvalue weighted by Crippen LogP contribution is 2.53. The maximum absolute atomic E-state index is 14.2. The molecule has 0 saturated carbocycles. The van der Waals surface area contributed by atoms with Crippen LogP contribution in [0.4, 0.5) is 11.4 Å². The lowest BCUT2D eigenvalue weighted by Crippen LogP contribution is -2.55. The van der Waals surface area contributed by atoms with Crippen LogP contribution in [0.1, 0.15) is 26.7 Å². The molecule has 5 rings (SSSR count). The van der Waals surface area contributed by atoms with Gasteiger partial charge in [-0.05, 0) is 51.0 Å². The highest BCUT2D eigenvalue weighted by atomic mass is 16.6. The van der Waals surface area contributed by atoms with Gasteiger partial charge in [0.2, 0.25) is 5.91 Å². The molecule has 2 amide bonds. The lowest BCUT2D eigenvalue weighted by atomic mass is 9.77. The molecule has 1 spiro atoms. The van der Waals surface area contributed by atoms with Gasteiger partial charge in [0, 0.05) is 44.2 Å². The second kappa shape index (κ2) is 10.3. The number of likely N-dealkylation sites (tertiary alicyclic amines) is 1. The van der Waals surface area contributed by atoms with Crippen molar-refractivity contribution < 1.29 is 29.0 Å². The fraction of sp³-hybridized carbons (Fsp3) is 0.536. The third-order valence-corrected chi connectivity index (χ3v) is 7.97. The summed E-state index contributed by atoms with van der Waals surface area (Å²) in [5.74, 6) is -2.75. The van der Waals surface area contributed by atoms with Gasteiger partial charge in [-0.25, -0.2) is 0 Å². The maximum Gasteiger partial charge on any atom is 0.312 e. The number of hydrogen-bond donors (Lipinski definition) is 1. The van der Waals surface area contributed by atoms with Crippen LogP contribution in [0.15, 0.2) is 48.6 Å².